The molecule has 1 unspecified atom stereocenters. The van der Waals surface area contributed by atoms with Gasteiger partial charge in [0.1, 0.15) is 17.1 Å². The molecule has 0 aliphatic carbocycles. The standard InChI is InChI=1S/C29H50O4S/c1-20(2)12-9-13-21(3)14-10-15-22(4)16-11-18-29(8)19-17-26-25(7)27(33-34(30)31)23(5)24(6)28(26)32-29/h20-22H,9-19H2,1-8H3,(H,30,31)/t21-,22-,29-/m1/s1. The van der Waals surface area contributed by atoms with Gasteiger partial charge in [-0.25, -0.2) is 0 Å². The lowest BCUT2D eigenvalue weighted by atomic mass is 9.84. The number of ether oxygens (including phenoxy) is 1. The van der Waals surface area contributed by atoms with Crippen LogP contribution in [0, 0.1) is 38.5 Å². The first-order chi connectivity index (χ1) is 15.9. The molecule has 1 aromatic rings. The summed E-state index contributed by atoms with van der Waals surface area (Å²) in [5.74, 6) is 3.94. The third-order valence-corrected chi connectivity index (χ3v) is 8.30. The fourth-order valence-corrected chi connectivity index (χ4v) is 5.85. The maximum Gasteiger partial charge on any atom is 0.357 e. The van der Waals surface area contributed by atoms with Crippen LogP contribution in [-0.2, 0) is 17.8 Å². The highest BCUT2D eigenvalue weighted by molar-refractivity contribution is 7.74. The van der Waals surface area contributed by atoms with Gasteiger partial charge in [0.05, 0.1) is 0 Å². The zero-order valence-electron chi connectivity index (χ0n) is 23.1. The highest BCUT2D eigenvalue weighted by Crippen LogP contribution is 2.45. The topological polar surface area (TPSA) is 55.8 Å². The largest absolute Gasteiger partial charge is 0.487 e. The Labute approximate surface area is 212 Å². The molecular formula is C29H50O4S. The van der Waals surface area contributed by atoms with Gasteiger partial charge in [0.25, 0.3) is 0 Å². The van der Waals surface area contributed by atoms with Crippen molar-refractivity contribution >= 4 is 11.4 Å². The maximum absolute atomic E-state index is 11.2. The van der Waals surface area contributed by atoms with E-state index in [2.05, 4.69) is 34.6 Å². The van der Waals surface area contributed by atoms with Crippen molar-refractivity contribution in [2.45, 2.75) is 132 Å². The van der Waals surface area contributed by atoms with E-state index < -0.39 is 11.4 Å². The van der Waals surface area contributed by atoms with E-state index in [9.17, 15) is 8.76 Å². The Morgan fingerprint density at radius 1 is 0.912 bits per heavy atom. The van der Waals surface area contributed by atoms with Crippen molar-refractivity contribution in [2.75, 3.05) is 0 Å². The van der Waals surface area contributed by atoms with Gasteiger partial charge < -0.3 is 8.92 Å². The number of rotatable bonds is 14. The number of hydrogen-bond donors (Lipinski definition) is 1. The molecule has 0 fully saturated rings. The molecule has 1 heterocycles. The lowest BCUT2D eigenvalue weighted by molar-refractivity contribution is 0.0512. The summed E-state index contributed by atoms with van der Waals surface area (Å²) in [4.78, 5) is 0. The van der Waals surface area contributed by atoms with Crippen LogP contribution < -0.4 is 8.92 Å². The highest BCUT2D eigenvalue weighted by atomic mass is 32.2. The summed E-state index contributed by atoms with van der Waals surface area (Å²) < 4.78 is 32.3. The molecule has 1 N–H and O–H groups in total. The summed E-state index contributed by atoms with van der Waals surface area (Å²) >= 11 is -2.32. The molecule has 0 amide bonds. The van der Waals surface area contributed by atoms with Crippen molar-refractivity contribution in [1.29, 1.82) is 0 Å². The molecule has 1 aromatic carbocycles. The van der Waals surface area contributed by atoms with Crippen LogP contribution in [0.2, 0.25) is 0 Å². The Morgan fingerprint density at radius 3 is 2.03 bits per heavy atom. The van der Waals surface area contributed by atoms with Gasteiger partial charge in [0, 0.05) is 5.56 Å². The molecule has 1 aliphatic heterocycles. The third kappa shape index (κ3) is 8.55. The molecule has 0 saturated carbocycles. The molecule has 1 aliphatic rings. The Hall–Kier alpha value is -1.07. The van der Waals surface area contributed by atoms with Crippen molar-refractivity contribution in [3.05, 3.63) is 22.3 Å². The number of hydrogen-bond acceptors (Lipinski definition) is 3. The lowest BCUT2D eigenvalue weighted by Gasteiger charge is -2.38. The molecule has 0 saturated heterocycles. The average molecular weight is 495 g/mol. The summed E-state index contributed by atoms with van der Waals surface area (Å²) in [6, 6.07) is 0. The van der Waals surface area contributed by atoms with E-state index in [0.29, 0.717) is 5.75 Å². The van der Waals surface area contributed by atoms with Gasteiger partial charge in [-0.05, 0) is 87.8 Å². The van der Waals surface area contributed by atoms with Crippen LogP contribution in [0.4, 0.5) is 0 Å². The molecule has 4 atom stereocenters. The van der Waals surface area contributed by atoms with Crippen molar-refractivity contribution < 1.29 is 17.7 Å². The first-order valence-corrected chi connectivity index (χ1v) is 14.6. The molecule has 0 aromatic heterocycles. The van der Waals surface area contributed by atoms with Crippen molar-refractivity contribution in [3.63, 3.8) is 0 Å². The third-order valence-electron chi connectivity index (χ3n) is 7.99. The first-order valence-electron chi connectivity index (χ1n) is 13.5. The van der Waals surface area contributed by atoms with Gasteiger partial charge >= 0.3 is 11.4 Å². The first kappa shape index (κ1) is 29.2. The summed E-state index contributed by atoms with van der Waals surface area (Å²) in [6.07, 6.45) is 13.6. The summed E-state index contributed by atoms with van der Waals surface area (Å²) in [5.41, 5.74) is 3.80. The average Bonchev–Trinajstić information content (AvgIpc) is 2.74. The monoisotopic (exact) mass is 494 g/mol. The van der Waals surface area contributed by atoms with Crippen molar-refractivity contribution in [2.24, 2.45) is 17.8 Å². The van der Waals surface area contributed by atoms with E-state index in [1.165, 1.54) is 51.4 Å². The molecule has 0 spiro atoms. The maximum atomic E-state index is 11.2. The fraction of sp³-hybridized carbons (Fsp3) is 0.793. The summed E-state index contributed by atoms with van der Waals surface area (Å²) in [7, 11) is 0. The minimum Gasteiger partial charge on any atom is -0.487 e. The van der Waals surface area contributed by atoms with Gasteiger partial charge in [0.2, 0.25) is 0 Å². The van der Waals surface area contributed by atoms with E-state index in [1.54, 1.807) is 0 Å². The predicted molar refractivity (Wildman–Crippen MR) is 144 cm³/mol. The van der Waals surface area contributed by atoms with Gasteiger partial charge in [-0.3, -0.25) is 4.55 Å². The van der Waals surface area contributed by atoms with Crippen LogP contribution >= 0.6 is 0 Å². The second-order valence-corrected chi connectivity index (χ2v) is 12.3. The Bertz CT molecular complexity index is 819. The summed E-state index contributed by atoms with van der Waals surface area (Å²) in [5, 5.41) is 0. The Balaban J connectivity index is 1.82. The molecule has 34 heavy (non-hydrogen) atoms. The molecule has 0 radical (unpaired) electrons. The minimum atomic E-state index is -2.32. The van der Waals surface area contributed by atoms with E-state index in [-0.39, 0.29) is 5.60 Å². The van der Waals surface area contributed by atoms with Crippen molar-refractivity contribution in [3.8, 4) is 11.5 Å². The van der Waals surface area contributed by atoms with E-state index in [4.69, 9.17) is 8.92 Å². The predicted octanol–water partition coefficient (Wildman–Crippen LogP) is 8.65. The minimum absolute atomic E-state index is 0.149. The fourth-order valence-electron chi connectivity index (χ4n) is 5.46. The van der Waals surface area contributed by atoms with Crippen LogP contribution in [0.25, 0.3) is 0 Å². The number of fused-ring (bicyclic) bond motifs is 1. The second-order valence-electron chi connectivity index (χ2n) is 11.7. The molecule has 2 rings (SSSR count). The smallest absolute Gasteiger partial charge is 0.357 e. The van der Waals surface area contributed by atoms with Crippen molar-refractivity contribution in [1.82, 2.24) is 0 Å². The van der Waals surface area contributed by atoms with Crippen LogP contribution in [0.5, 0.6) is 11.5 Å². The lowest BCUT2D eigenvalue weighted by Crippen LogP contribution is -2.37. The van der Waals surface area contributed by atoms with Crippen LogP contribution in [0.3, 0.4) is 0 Å². The molecule has 196 valence electrons. The zero-order chi connectivity index (χ0) is 25.5. The van der Waals surface area contributed by atoms with Gasteiger partial charge in [-0.15, -0.1) is 0 Å². The van der Waals surface area contributed by atoms with Crippen LogP contribution in [0.1, 0.15) is 121 Å². The normalized spacial score (nSPS) is 20.5. The molecular weight excluding hydrogens is 444 g/mol. The van der Waals surface area contributed by atoms with Crippen LogP contribution in [-0.4, -0.2) is 14.4 Å². The van der Waals surface area contributed by atoms with E-state index in [0.717, 1.165) is 65.0 Å². The summed E-state index contributed by atoms with van der Waals surface area (Å²) in [6.45, 7) is 17.7. The van der Waals surface area contributed by atoms with E-state index >= 15 is 0 Å². The SMILES string of the molecule is Cc1c(C)c2c(c(C)c1OS(=O)O)CC[C@@](C)(CCC[C@H](C)CCC[C@H](C)CCCC(C)C)O2. The second kappa shape index (κ2) is 13.3. The Kier molecular flexibility index (Phi) is 11.4. The zero-order valence-corrected chi connectivity index (χ0v) is 23.9. The Morgan fingerprint density at radius 2 is 1.47 bits per heavy atom. The van der Waals surface area contributed by atoms with Gasteiger partial charge in [0.15, 0.2) is 0 Å². The molecule has 4 nitrogen and oxygen atoms in total. The molecule has 0 bridgehead atoms. The van der Waals surface area contributed by atoms with Gasteiger partial charge in [-0.2, -0.15) is 4.21 Å². The molecule has 5 heteroatoms. The van der Waals surface area contributed by atoms with Gasteiger partial charge in [-0.1, -0.05) is 72.6 Å². The highest BCUT2D eigenvalue weighted by Gasteiger charge is 2.34. The number of benzene rings is 1. The van der Waals surface area contributed by atoms with Crippen LogP contribution in [0.15, 0.2) is 0 Å². The quantitative estimate of drug-likeness (QED) is 0.263. The van der Waals surface area contributed by atoms with E-state index in [1.807, 2.05) is 20.8 Å².